The van der Waals surface area contributed by atoms with Gasteiger partial charge in [-0.25, -0.2) is 0 Å². The third-order valence-electron chi connectivity index (χ3n) is 1.51. The third kappa shape index (κ3) is 7.29. The molecule has 0 saturated carbocycles. The number of aliphatic carboxylic acids is 1. The molecule has 4 heteroatoms. The molecule has 0 saturated heterocycles. The molecule has 0 rings (SSSR count). The summed E-state index contributed by atoms with van der Waals surface area (Å²) in [5.74, 6) is -0.784. The Morgan fingerprint density at radius 2 is 2.09 bits per heavy atom. The van der Waals surface area contributed by atoms with E-state index in [-0.39, 0.29) is 12.5 Å². The van der Waals surface area contributed by atoms with Crippen molar-refractivity contribution >= 4 is 5.97 Å². The molecular weight excluding hydrogens is 144 g/mol. The van der Waals surface area contributed by atoms with Crippen molar-refractivity contribution in [1.82, 2.24) is 0 Å². The Hall–Kier alpha value is -0.610. The standard InChI is InChI=1S/C7H16N2O2/c8-5-1-2-6(9)3-4-7(10)11/h6H,1-5,8-9H2,(H,10,11). The fourth-order valence-corrected chi connectivity index (χ4v) is 0.833. The van der Waals surface area contributed by atoms with Gasteiger partial charge >= 0.3 is 5.97 Å². The van der Waals surface area contributed by atoms with Crippen molar-refractivity contribution in [2.75, 3.05) is 6.54 Å². The van der Waals surface area contributed by atoms with Crippen LogP contribution >= 0.6 is 0 Å². The van der Waals surface area contributed by atoms with Crippen LogP contribution in [-0.4, -0.2) is 23.7 Å². The highest BCUT2D eigenvalue weighted by atomic mass is 16.4. The maximum absolute atomic E-state index is 10.1. The summed E-state index contributed by atoms with van der Waals surface area (Å²) in [5.41, 5.74) is 10.9. The van der Waals surface area contributed by atoms with E-state index >= 15 is 0 Å². The average Bonchev–Trinajstić information content (AvgIpc) is 1.97. The van der Waals surface area contributed by atoms with E-state index in [1.54, 1.807) is 0 Å². The molecule has 0 amide bonds. The number of nitrogens with two attached hydrogens (primary N) is 2. The highest BCUT2D eigenvalue weighted by Gasteiger charge is 2.04. The lowest BCUT2D eigenvalue weighted by molar-refractivity contribution is -0.137. The maximum Gasteiger partial charge on any atom is 0.303 e. The van der Waals surface area contributed by atoms with Crippen LogP contribution in [0.25, 0.3) is 0 Å². The summed E-state index contributed by atoms with van der Waals surface area (Å²) in [6.07, 6.45) is 2.41. The zero-order chi connectivity index (χ0) is 8.69. The van der Waals surface area contributed by atoms with Crippen molar-refractivity contribution in [3.8, 4) is 0 Å². The van der Waals surface area contributed by atoms with Crippen LogP contribution in [0.4, 0.5) is 0 Å². The van der Waals surface area contributed by atoms with Gasteiger partial charge in [-0.05, 0) is 25.8 Å². The highest BCUT2D eigenvalue weighted by Crippen LogP contribution is 2.00. The minimum absolute atomic E-state index is 0.00495. The van der Waals surface area contributed by atoms with Crippen LogP contribution in [0.1, 0.15) is 25.7 Å². The van der Waals surface area contributed by atoms with Crippen LogP contribution in [0, 0.1) is 0 Å². The maximum atomic E-state index is 10.1. The van der Waals surface area contributed by atoms with Gasteiger partial charge in [-0.15, -0.1) is 0 Å². The topological polar surface area (TPSA) is 89.3 Å². The molecule has 1 unspecified atom stereocenters. The molecule has 66 valence electrons. The molecule has 0 spiro atoms. The van der Waals surface area contributed by atoms with E-state index in [2.05, 4.69) is 0 Å². The lowest BCUT2D eigenvalue weighted by Gasteiger charge is -2.07. The Bertz CT molecular complexity index is 117. The van der Waals surface area contributed by atoms with Crippen LogP contribution in [0.5, 0.6) is 0 Å². The molecule has 0 aliphatic heterocycles. The van der Waals surface area contributed by atoms with Gasteiger partial charge in [0.15, 0.2) is 0 Å². The van der Waals surface area contributed by atoms with Gasteiger partial charge in [0, 0.05) is 12.5 Å². The summed E-state index contributed by atoms with van der Waals surface area (Å²) in [6, 6.07) is -0.00495. The molecule has 0 radical (unpaired) electrons. The number of carboxylic acid groups (broad SMARTS) is 1. The zero-order valence-corrected chi connectivity index (χ0v) is 6.62. The lowest BCUT2D eigenvalue weighted by Crippen LogP contribution is -2.22. The molecule has 0 aromatic heterocycles. The number of rotatable bonds is 6. The summed E-state index contributed by atoms with van der Waals surface area (Å²) in [7, 11) is 0. The van der Waals surface area contributed by atoms with E-state index in [1.807, 2.05) is 0 Å². The molecule has 0 bridgehead atoms. The minimum atomic E-state index is -0.784. The second kappa shape index (κ2) is 6.12. The molecule has 0 aromatic rings. The van der Waals surface area contributed by atoms with Crippen molar-refractivity contribution in [1.29, 1.82) is 0 Å². The second-order valence-corrected chi connectivity index (χ2v) is 2.62. The van der Waals surface area contributed by atoms with Crippen molar-refractivity contribution in [3.05, 3.63) is 0 Å². The normalized spacial score (nSPS) is 12.9. The molecule has 0 fully saturated rings. The minimum Gasteiger partial charge on any atom is -0.481 e. The first kappa shape index (κ1) is 10.4. The predicted octanol–water partition coefficient (Wildman–Crippen LogP) is -0.0826. The van der Waals surface area contributed by atoms with E-state index < -0.39 is 5.97 Å². The Morgan fingerprint density at radius 3 is 2.55 bits per heavy atom. The van der Waals surface area contributed by atoms with Gasteiger partial charge < -0.3 is 16.6 Å². The van der Waals surface area contributed by atoms with E-state index in [1.165, 1.54) is 0 Å². The molecule has 4 nitrogen and oxygen atoms in total. The van der Waals surface area contributed by atoms with Gasteiger partial charge in [0.25, 0.3) is 0 Å². The Kier molecular flexibility index (Phi) is 5.78. The summed E-state index contributed by atoms with van der Waals surface area (Å²) in [5, 5.41) is 8.31. The van der Waals surface area contributed by atoms with Crippen LogP contribution in [0.3, 0.4) is 0 Å². The summed E-state index contributed by atoms with van der Waals surface area (Å²) < 4.78 is 0. The number of carbonyl (C=O) groups is 1. The molecular formula is C7H16N2O2. The number of hydrogen-bond donors (Lipinski definition) is 3. The highest BCUT2D eigenvalue weighted by molar-refractivity contribution is 5.66. The number of carboxylic acids is 1. The molecule has 1 atom stereocenters. The summed E-state index contributed by atoms with van der Waals surface area (Å²) >= 11 is 0. The van der Waals surface area contributed by atoms with Crippen LogP contribution in [-0.2, 0) is 4.79 Å². The number of hydrogen-bond acceptors (Lipinski definition) is 3. The van der Waals surface area contributed by atoms with Crippen molar-refractivity contribution in [2.24, 2.45) is 11.5 Å². The van der Waals surface area contributed by atoms with Crippen LogP contribution < -0.4 is 11.5 Å². The van der Waals surface area contributed by atoms with Crippen molar-refractivity contribution < 1.29 is 9.90 Å². The largest absolute Gasteiger partial charge is 0.481 e. The molecule has 5 N–H and O–H groups in total. The quantitative estimate of drug-likeness (QED) is 0.507. The van der Waals surface area contributed by atoms with E-state index in [9.17, 15) is 4.79 Å². The van der Waals surface area contributed by atoms with Crippen molar-refractivity contribution in [3.63, 3.8) is 0 Å². The van der Waals surface area contributed by atoms with E-state index in [4.69, 9.17) is 16.6 Å². The molecule has 0 aromatic carbocycles. The first-order valence-corrected chi connectivity index (χ1v) is 3.84. The summed E-state index contributed by atoms with van der Waals surface area (Å²) in [4.78, 5) is 10.1. The van der Waals surface area contributed by atoms with Crippen molar-refractivity contribution in [2.45, 2.75) is 31.7 Å². The zero-order valence-electron chi connectivity index (χ0n) is 6.62. The molecule has 0 aliphatic carbocycles. The predicted molar refractivity (Wildman–Crippen MR) is 43.1 cm³/mol. The molecule has 0 heterocycles. The first-order valence-electron chi connectivity index (χ1n) is 3.84. The summed E-state index contributed by atoms with van der Waals surface area (Å²) in [6.45, 7) is 0.626. The molecule has 11 heavy (non-hydrogen) atoms. The SMILES string of the molecule is NCCCC(N)CCC(=O)O. The van der Waals surface area contributed by atoms with Gasteiger partial charge in [0.2, 0.25) is 0 Å². The fourth-order valence-electron chi connectivity index (χ4n) is 0.833. The fraction of sp³-hybridized carbons (Fsp3) is 0.857. The van der Waals surface area contributed by atoms with Gasteiger partial charge in [-0.3, -0.25) is 4.79 Å². The molecule has 0 aliphatic rings. The Labute approximate surface area is 66.6 Å². The lowest BCUT2D eigenvalue weighted by atomic mass is 10.1. The van der Waals surface area contributed by atoms with Gasteiger partial charge in [-0.1, -0.05) is 0 Å². The van der Waals surface area contributed by atoms with Gasteiger partial charge in [0.1, 0.15) is 0 Å². The second-order valence-electron chi connectivity index (χ2n) is 2.62. The Morgan fingerprint density at radius 1 is 1.45 bits per heavy atom. The van der Waals surface area contributed by atoms with Crippen LogP contribution in [0.15, 0.2) is 0 Å². The first-order chi connectivity index (χ1) is 5.16. The van der Waals surface area contributed by atoms with E-state index in [0.29, 0.717) is 13.0 Å². The average molecular weight is 160 g/mol. The smallest absolute Gasteiger partial charge is 0.303 e. The third-order valence-corrected chi connectivity index (χ3v) is 1.51. The monoisotopic (exact) mass is 160 g/mol. The van der Waals surface area contributed by atoms with Gasteiger partial charge in [0.05, 0.1) is 0 Å². The van der Waals surface area contributed by atoms with Crippen LogP contribution in [0.2, 0.25) is 0 Å². The van der Waals surface area contributed by atoms with Gasteiger partial charge in [-0.2, -0.15) is 0 Å². The van der Waals surface area contributed by atoms with E-state index in [0.717, 1.165) is 12.8 Å². The Balaban J connectivity index is 3.22.